The van der Waals surface area contributed by atoms with Crippen molar-refractivity contribution < 1.29 is 38.5 Å². The van der Waals surface area contributed by atoms with Gasteiger partial charge in [0.1, 0.15) is 0 Å². The molecule has 132 valence electrons. The normalized spacial score (nSPS) is 14.6. The van der Waals surface area contributed by atoms with E-state index in [1.165, 1.54) is 26.8 Å². The maximum Gasteiger partial charge on any atom is 0.631 e. The van der Waals surface area contributed by atoms with E-state index < -0.39 is 30.3 Å². The molecule has 0 fully saturated rings. The summed E-state index contributed by atoms with van der Waals surface area (Å²) >= 11 is 0. The zero-order chi connectivity index (χ0) is 18.5. The monoisotopic (exact) mass is 338 g/mol. The third kappa shape index (κ3) is 8.33. The van der Waals surface area contributed by atoms with Gasteiger partial charge in [-0.25, -0.2) is 0 Å². The highest BCUT2D eigenvalue weighted by molar-refractivity contribution is 6.30. The van der Waals surface area contributed by atoms with Crippen LogP contribution in [-0.4, -0.2) is 43.8 Å². The first kappa shape index (κ1) is 21.9. The number of halogens is 3. The second-order valence-corrected chi connectivity index (χ2v) is 5.88. The van der Waals surface area contributed by atoms with Gasteiger partial charge >= 0.3 is 13.5 Å². The van der Waals surface area contributed by atoms with Crippen LogP contribution >= 0.6 is 0 Å². The molecule has 0 saturated carbocycles. The summed E-state index contributed by atoms with van der Waals surface area (Å²) in [5.41, 5.74) is -2.89. The molecule has 0 aliphatic heterocycles. The Bertz CT molecular complexity index is 481. The zero-order valence-corrected chi connectivity index (χ0v) is 13.2. The second kappa shape index (κ2) is 8.12. The van der Waals surface area contributed by atoms with Gasteiger partial charge in [0.2, 0.25) is 0 Å². The smallest absolute Gasteiger partial charge is 0.402 e. The minimum atomic E-state index is -4.37. The molecule has 9 heteroatoms. The Hall–Kier alpha value is -1.13. The van der Waals surface area contributed by atoms with Crippen molar-refractivity contribution in [2.24, 2.45) is 0 Å². The van der Waals surface area contributed by atoms with Gasteiger partial charge in [-0.3, -0.25) is 0 Å². The summed E-state index contributed by atoms with van der Waals surface area (Å²) in [5.74, 6) is 0. The Morgan fingerprint density at radius 2 is 1.48 bits per heavy atom. The number of alkyl halides is 3. The molecule has 0 amide bonds. The molecule has 0 aliphatic rings. The quantitative estimate of drug-likeness (QED) is 0.530. The molecule has 0 aromatic heterocycles. The number of aliphatic hydroxyl groups is 2. The van der Waals surface area contributed by atoms with Gasteiger partial charge in [-0.05, 0) is 45.2 Å². The van der Waals surface area contributed by atoms with E-state index >= 15 is 0 Å². The molecular weight excluding hydrogens is 316 g/mol. The van der Waals surface area contributed by atoms with Gasteiger partial charge < -0.3 is 25.3 Å². The SMILES string of the molecule is CC(C)(O)C(C)(O)CCc1cccc(C(F)(F)F)c1.OB(O)O. The zero-order valence-electron chi connectivity index (χ0n) is 13.2. The molecule has 0 aliphatic carbocycles. The largest absolute Gasteiger partial charge is 0.631 e. The van der Waals surface area contributed by atoms with Crippen LogP contribution in [0.15, 0.2) is 24.3 Å². The number of benzene rings is 1. The van der Waals surface area contributed by atoms with Gasteiger partial charge in [0.05, 0.1) is 16.8 Å². The van der Waals surface area contributed by atoms with E-state index in [2.05, 4.69) is 0 Å². The second-order valence-electron chi connectivity index (χ2n) is 5.88. The van der Waals surface area contributed by atoms with Crippen molar-refractivity contribution in [3.05, 3.63) is 35.4 Å². The minimum absolute atomic E-state index is 0.178. The summed E-state index contributed by atoms with van der Waals surface area (Å²) in [5, 5.41) is 41.3. The average molecular weight is 338 g/mol. The summed E-state index contributed by atoms with van der Waals surface area (Å²) in [4.78, 5) is 0. The molecule has 5 nitrogen and oxygen atoms in total. The molecule has 0 spiro atoms. The molecule has 1 aromatic rings. The van der Waals surface area contributed by atoms with E-state index in [1.54, 1.807) is 6.07 Å². The lowest BCUT2D eigenvalue weighted by Crippen LogP contribution is -2.47. The summed E-state index contributed by atoms with van der Waals surface area (Å²) in [6.45, 7) is 4.42. The number of rotatable bonds is 4. The van der Waals surface area contributed by atoms with E-state index in [0.29, 0.717) is 5.56 Å². The van der Waals surface area contributed by atoms with E-state index in [9.17, 15) is 23.4 Å². The van der Waals surface area contributed by atoms with Crippen molar-refractivity contribution in [2.75, 3.05) is 0 Å². The van der Waals surface area contributed by atoms with Crippen LogP contribution in [0.1, 0.15) is 38.3 Å². The number of hydrogen-bond acceptors (Lipinski definition) is 5. The predicted octanol–water partition coefficient (Wildman–Crippen LogP) is 1.11. The van der Waals surface area contributed by atoms with Crippen LogP contribution in [0.5, 0.6) is 0 Å². The van der Waals surface area contributed by atoms with Gasteiger partial charge in [0, 0.05) is 0 Å². The molecule has 1 unspecified atom stereocenters. The van der Waals surface area contributed by atoms with Crippen LogP contribution in [0.25, 0.3) is 0 Å². The lowest BCUT2D eigenvalue weighted by atomic mass is 9.83. The molecule has 0 saturated heterocycles. The highest BCUT2D eigenvalue weighted by Crippen LogP contribution is 2.31. The first-order valence-corrected chi connectivity index (χ1v) is 6.82. The van der Waals surface area contributed by atoms with E-state index in [-0.39, 0.29) is 12.8 Å². The van der Waals surface area contributed by atoms with Gasteiger partial charge in [-0.15, -0.1) is 0 Å². The Kier molecular flexibility index (Phi) is 7.72. The summed E-state index contributed by atoms with van der Waals surface area (Å²) in [6.07, 6.45) is -3.92. The molecule has 0 heterocycles. The van der Waals surface area contributed by atoms with E-state index in [1.807, 2.05) is 0 Å². The Labute approximate surface area is 133 Å². The predicted molar refractivity (Wildman–Crippen MR) is 79.1 cm³/mol. The third-order valence-corrected chi connectivity index (χ3v) is 3.47. The molecule has 1 atom stereocenters. The lowest BCUT2D eigenvalue weighted by molar-refractivity contribution is -0.137. The van der Waals surface area contributed by atoms with Crippen molar-refractivity contribution in [2.45, 2.75) is 51.0 Å². The number of hydrogen-bond donors (Lipinski definition) is 5. The first-order chi connectivity index (χ1) is 10.2. The summed E-state index contributed by atoms with van der Waals surface area (Å²) < 4.78 is 37.6. The van der Waals surface area contributed by atoms with Crippen LogP contribution in [0, 0.1) is 0 Å². The fourth-order valence-electron chi connectivity index (χ4n) is 1.60. The molecular formula is C14H22BF3O5. The average Bonchev–Trinajstić information content (AvgIpc) is 2.34. The summed E-state index contributed by atoms with van der Waals surface area (Å²) in [6, 6.07) is 5.00. The summed E-state index contributed by atoms with van der Waals surface area (Å²) in [7, 11) is -2.17. The highest BCUT2D eigenvalue weighted by atomic mass is 19.4. The minimum Gasteiger partial charge on any atom is -0.402 e. The molecule has 5 N–H and O–H groups in total. The van der Waals surface area contributed by atoms with Crippen molar-refractivity contribution in [3.63, 3.8) is 0 Å². The Morgan fingerprint density at radius 3 is 1.87 bits per heavy atom. The van der Waals surface area contributed by atoms with Crippen LogP contribution in [0.2, 0.25) is 0 Å². The highest BCUT2D eigenvalue weighted by Gasteiger charge is 2.37. The standard InChI is InChI=1S/C14H19F3O2.BH3O3/c1-12(2,18)13(3,19)8-7-10-5-4-6-11(9-10)14(15,16)17;2-1(3)4/h4-6,9,18-19H,7-8H2,1-3H3;2-4H. The fraction of sp³-hybridized carbons (Fsp3) is 0.571. The molecule has 0 radical (unpaired) electrons. The van der Waals surface area contributed by atoms with Crippen LogP contribution in [0.3, 0.4) is 0 Å². The maximum absolute atomic E-state index is 12.5. The topological polar surface area (TPSA) is 101 Å². The van der Waals surface area contributed by atoms with E-state index in [4.69, 9.17) is 15.1 Å². The van der Waals surface area contributed by atoms with Crippen molar-refractivity contribution in [1.82, 2.24) is 0 Å². The third-order valence-electron chi connectivity index (χ3n) is 3.47. The van der Waals surface area contributed by atoms with Crippen LogP contribution in [-0.2, 0) is 12.6 Å². The van der Waals surface area contributed by atoms with Crippen molar-refractivity contribution in [3.8, 4) is 0 Å². The van der Waals surface area contributed by atoms with Gasteiger partial charge in [-0.2, -0.15) is 13.2 Å². The molecule has 1 rings (SSSR count). The van der Waals surface area contributed by atoms with Crippen molar-refractivity contribution in [1.29, 1.82) is 0 Å². The van der Waals surface area contributed by atoms with Gasteiger partial charge in [0.25, 0.3) is 0 Å². The van der Waals surface area contributed by atoms with Crippen LogP contribution in [0.4, 0.5) is 13.2 Å². The molecule has 23 heavy (non-hydrogen) atoms. The molecule has 0 bridgehead atoms. The fourth-order valence-corrected chi connectivity index (χ4v) is 1.60. The Balaban J connectivity index is 0.00000108. The van der Waals surface area contributed by atoms with Crippen molar-refractivity contribution >= 4 is 7.32 Å². The first-order valence-electron chi connectivity index (χ1n) is 6.82. The maximum atomic E-state index is 12.5. The van der Waals surface area contributed by atoms with Crippen LogP contribution < -0.4 is 0 Å². The molecule has 1 aromatic carbocycles. The lowest BCUT2D eigenvalue weighted by Gasteiger charge is -2.35. The Morgan fingerprint density at radius 1 is 1.00 bits per heavy atom. The van der Waals surface area contributed by atoms with E-state index in [0.717, 1.165) is 12.1 Å². The van der Waals surface area contributed by atoms with Gasteiger partial charge in [0.15, 0.2) is 0 Å². The number of aryl methyl sites for hydroxylation is 1. The van der Waals surface area contributed by atoms with Gasteiger partial charge in [-0.1, -0.05) is 18.2 Å².